The van der Waals surface area contributed by atoms with Crippen LogP contribution in [0, 0.1) is 0 Å². The number of aliphatic hydroxyl groups excluding tert-OH is 1. The number of hydrogen-bond acceptors (Lipinski definition) is 7. The Morgan fingerprint density at radius 3 is 2.19 bits per heavy atom. The van der Waals surface area contributed by atoms with Gasteiger partial charge in [0.05, 0.1) is 12.1 Å². The van der Waals surface area contributed by atoms with Crippen LogP contribution in [0.2, 0.25) is 0 Å². The average Bonchev–Trinajstić information content (AvgIpc) is 3.38. The molecule has 0 aliphatic carbocycles. The zero-order valence-corrected chi connectivity index (χ0v) is 17.5. The molecule has 2 saturated heterocycles. The topological polar surface area (TPSA) is 196 Å². The van der Waals surface area contributed by atoms with Crippen molar-refractivity contribution < 1.29 is 34.2 Å². The Balaban J connectivity index is 2.10. The van der Waals surface area contributed by atoms with Crippen molar-refractivity contribution in [3.05, 3.63) is 0 Å². The van der Waals surface area contributed by atoms with Crippen LogP contribution in [0.5, 0.6) is 0 Å². The van der Waals surface area contributed by atoms with Crippen LogP contribution in [0.25, 0.3) is 0 Å². The van der Waals surface area contributed by atoms with Crippen molar-refractivity contribution in [3.63, 3.8) is 0 Å². The number of nitrogens with one attached hydrogen (secondary N) is 1. The number of carboxylic acid groups (broad SMARTS) is 1. The molecule has 174 valence electrons. The summed E-state index contributed by atoms with van der Waals surface area (Å²) in [6, 6.07) is -4.21. The Bertz CT molecular complexity index is 728. The van der Waals surface area contributed by atoms with E-state index in [0.717, 1.165) is 0 Å². The molecule has 31 heavy (non-hydrogen) atoms. The summed E-state index contributed by atoms with van der Waals surface area (Å²) in [5.74, 6) is -3.52. The van der Waals surface area contributed by atoms with E-state index in [1.54, 1.807) is 0 Å². The number of carbonyl (C=O) groups excluding carboxylic acids is 4. The number of likely N-dealkylation sites (tertiary alicyclic amines) is 2. The van der Waals surface area contributed by atoms with Gasteiger partial charge >= 0.3 is 5.97 Å². The van der Waals surface area contributed by atoms with Gasteiger partial charge in [-0.3, -0.25) is 19.2 Å². The minimum Gasteiger partial charge on any atom is -0.480 e. The lowest BCUT2D eigenvalue weighted by Gasteiger charge is -2.33. The Kier molecular flexibility index (Phi) is 8.34. The number of nitrogens with zero attached hydrogens (tertiary/aromatic N) is 2. The molecule has 2 fully saturated rings. The summed E-state index contributed by atoms with van der Waals surface area (Å²) in [6.07, 6.45) is 0.438. The zero-order chi connectivity index (χ0) is 23.3. The first kappa shape index (κ1) is 24.5. The quantitative estimate of drug-likeness (QED) is 0.259. The summed E-state index contributed by atoms with van der Waals surface area (Å²) >= 11 is 0. The first-order valence-corrected chi connectivity index (χ1v) is 10.4. The maximum atomic E-state index is 13.1. The SMILES string of the molecule is CC(O)C(NC(=O)C(N)CCC(N)=O)C(=O)N1CCCC1C(=O)N1CCCC1C(=O)O. The number of carboxylic acids is 1. The van der Waals surface area contributed by atoms with Gasteiger partial charge in [-0.2, -0.15) is 0 Å². The van der Waals surface area contributed by atoms with Crippen molar-refractivity contribution in [3.8, 4) is 0 Å². The second-order valence-electron chi connectivity index (χ2n) is 8.06. The van der Waals surface area contributed by atoms with Crippen LogP contribution in [0.4, 0.5) is 0 Å². The van der Waals surface area contributed by atoms with E-state index >= 15 is 0 Å². The molecular formula is C19H31N5O7. The minimum atomic E-state index is -1.34. The van der Waals surface area contributed by atoms with E-state index in [1.807, 2.05) is 0 Å². The van der Waals surface area contributed by atoms with E-state index < -0.39 is 59.9 Å². The standard InChI is InChI=1S/C19H31N5O7/c1-10(25)15(22-16(27)11(20)6-7-14(21)26)18(29)23-8-2-4-12(23)17(28)24-9-3-5-13(24)19(30)31/h10-13,15,25H,2-9,20H2,1H3,(H2,21,26)(H,22,27)(H,30,31). The molecule has 0 bridgehead atoms. The number of hydrogen-bond donors (Lipinski definition) is 5. The molecule has 0 aromatic heterocycles. The fourth-order valence-corrected chi connectivity index (χ4v) is 4.02. The molecule has 7 N–H and O–H groups in total. The lowest BCUT2D eigenvalue weighted by atomic mass is 10.1. The van der Waals surface area contributed by atoms with Gasteiger partial charge in [0.25, 0.3) is 0 Å². The lowest BCUT2D eigenvalue weighted by Crippen LogP contribution is -2.59. The van der Waals surface area contributed by atoms with Gasteiger partial charge < -0.3 is 36.8 Å². The summed E-state index contributed by atoms with van der Waals surface area (Å²) < 4.78 is 0. The minimum absolute atomic E-state index is 0.0156. The predicted molar refractivity (Wildman–Crippen MR) is 107 cm³/mol. The molecule has 2 aliphatic rings. The third-order valence-corrected chi connectivity index (χ3v) is 5.73. The molecule has 2 aliphatic heterocycles. The van der Waals surface area contributed by atoms with E-state index in [1.165, 1.54) is 16.7 Å². The molecule has 12 heteroatoms. The van der Waals surface area contributed by atoms with Crippen LogP contribution in [0.15, 0.2) is 0 Å². The van der Waals surface area contributed by atoms with Gasteiger partial charge in [0.15, 0.2) is 0 Å². The molecule has 0 radical (unpaired) electrons. The van der Waals surface area contributed by atoms with Gasteiger partial charge in [0.1, 0.15) is 18.1 Å². The van der Waals surface area contributed by atoms with Crippen LogP contribution in [0.3, 0.4) is 0 Å². The highest BCUT2D eigenvalue weighted by Crippen LogP contribution is 2.25. The van der Waals surface area contributed by atoms with Gasteiger partial charge in [-0.05, 0) is 39.0 Å². The number of aliphatic hydroxyl groups is 1. The Morgan fingerprint density at radius 2 is 1.65 bits per heavy atom. The number of rotatable bonds is 9. The fourth-order valence-electron chi connectivity index (χ4n) is 4.02. The van der Waals surface area contributed by atoms with Gasteiger partial charge in [-0.1, -0.05) is 0 Å². The largest absolute Gasteiger partial charge is 0.480 e. The van der Waals surface area contributed by atoms with Gasteiger partial charge in [-0.25, -0.2) is 4.79 Å². The molecule has 12 nitrogen and oxygen atoms in total. The van der Waals surface area contributed by atoms with Crippen molar-refractivity contribution in [2.75, 3.05) is 13.1 Å². The van der Waals surface area contributed by atoms with Crippen LogP contribution >= 0.6 is 0 Å². The molecule has 0 spiro atoms. The second kappa shape index (κ2) is 10.5. The van der Waals surface area contributed by atoms with E-state index in [9.17, 15) is 34.2 Å². The maximum absolute atomic E-state index is 13.1. The lowest BCUT2D eigenvalue weighted by molar-refractivity contribution is -0.153. The van der Waals surface area contributed by atoms with Crippen molar-refractivity contribution >= 4 is 29.6 Å². The molecule has 0 aromatic carbocycles. The number of amides is 4. The third-order valence-electron chi connectivity index (χ3n) is 5.73. The monoisotopic (exact) mass is 441 g/mol. The van der Waals surface area contributed by atoms with Crippen LogP contribution in [-0.4, -0.2) is 93.0 Å². The first-order valence-electron chi connectivity index (χ1n) is 10.4. The van der Waals surface area contributed by atoms with E-state index in [4.69, 9.17) is 11.5 Å². The maximum Gasteiger partial charge on any atom is 0.326 e. The number of nitrogens with two attached hydrogens (primary N) is 2. The Labute approximate surface area is 179 Å². The normalized spacial score (nSPS) is 23.8. The molecule has 0 aromatic rings. The summed E-state index contributed by atoms with van der Waals surface area (Å²) in [7, 11) is 0. The summed E-state index contributed by atoms with van der Waals surface area (Å²) in [5, 5.41) is 21.8. The zero-order valence-electron chi connectivity index (χ0n) is 17.5. The van der Waals surface area contributed by atoms with Gasteiger partial charge in [-0.15, -0.1) is 0 Å². The van der Waals surface area contributed by atoms with E-state index in [0.29, 0.717) is 32.2 Å². The highest BCUT2D eigenvalue weighted by Gasteiger charge is 2.44. The van der Waals surface area contributed by atoms with Crippen molar-refractivity contribution in [1.82, 2.24) is 15.1 Å². The predicted octanol–water partition coefficient (Wildman–Crippen LogP) is -2.49. The smallest absolute Gasteiger partial charge is 0.326 e. The number of aliphatic carboxylic acids is 1. The van der Waals surface area contributed by atoms with E-state index in [-0.39, 0.29) is 19.4 Å². The van der Waals surface area contributed by atoms with E-state index in [2.05, 4.69) is 5.32 Å². The van der Waals surface area contributed by atoms with Crippen molar-refractivity contribution in [2.24, 2.45) is 11.5 Å². The summed E-state index contributed by atoms with van der Waals surface area (Å²) in [4.78, 5) is 63.3. The highest BCUT2D eigenvalue weighted by atomic mass is 16.4. The molecule has 5 unspecified atom stereocenters. The Morgan fingerprint density at radius 1 is 1.06 bits per heavy atom. The van der Waals surface area contributed by atoms with Gasteiger partial charge in [0.2, 0.25) is 23.6 Å². The van der Waals surface area contributed by atoms with Gasteiger partial charge in [0, 0.05) is 19.5 Å². The van der Waals surface area contributed by atoms with Crippen LogP contribution in [0.1, 0.15) is 45.4 Å². The molecule has 0 saturated carbocycles. The summed E-state index contributed by atoms with van der Waals surface area (Å²) in [6.45, 7) is 1.87. The van der Waals surface area contributed by atoms with Crippen molar-refractivity contribution in [2.45, 2.75) is 75.7 Å². The molecule has 2 rings (SSSR count). The number of carbonyl (C=O) groups is 5. The molecular weight excluding hydrogens is 410 g/mol. The highest BCUT2D eigenvalue weighted by molar-refractivity contribution is 5.95. The summed E-state index contributed by atoms with van der Waals surface area (Å²) in [5.41, 5.74) is 10.8. The van der Waals surface area contributed by atoms with Crippen LogP contribution in [-0.2, 0) is 24.0 Å². The fraction of sp³-hybridized carbons (Fsp3) is 0.737. The Hall–Kier alpha value is -2.73. The average molecular weight is 441 g/mol. The number of primary amides is 1. The van der Waals surface area contributed by atoms with Crippen molar-refractivity contribution in [1.29, 1.82) is 0 Å². The molecule has 5 atom stereocenters. The first-order chi connectivity index (χ1) is 14.5. The van der Waals surface area contributed by atoms with Crippen LogP contribution < -0.4 is 16.8 Å². The molecule has 4 amide bonds. The third kappa shape index (κ3) is 5.91. The second-order valence-corrected chi connectivity index (χ2v) is 8.06. The molecule has 2 heterocycles.